The molecule has 0 bridgehead atoms. The van der Waals surface area contributed by atoms with Crippen LogP contribution < -0.4 is 4.74 Å². The van der Waals surface area contributed by atoms with Gasteiger partial charge in [-0.1, -0.05) is 12.8 Å². The summed E-state index contributed by atoms with van der Waals surface area (Å²) >= 11 is 0. The smallest absolute Gasteiger partial charge is 0.303 e. The number of carbonyl (C=O) groups is 1. The number of benzene rings is 1. The maximum atomic E-state index is 11.2. The lowest BCUT2D eigenvalue weighted by Gasteiger charge is -2.19. The zero-order valence-electron chi connectivity index (χ0n) is 12.3. The molecule has 1 unspecified atom stereocenters. The van der Waals surface area contributed by atoms with Gasteiger partial charge in [0, 0.05) is 22.7 Å². The second-order valence-electron chi connectivity index (χ2n) is 5.82. The van der Waals surface area contributed by atoms with E-state index in [1.807, 2.05) is 12.1 Å². The van der Waals surface area contributed by atoms with Gasteiger partial charge in [-0.3, -0.25) is 4.79 Å². The summed E-state index contributed by atoms with van der Waals surface area (Å²) in [7, 11) is 1.66. The Morgan fingerprint density at radius 3 is 3.00 bits per heavy atom. The molecule has 112 valence electrons. The Morgan fingerprint density at radius 2 is 2.24 bits per heavy atom. The molecule has 0 spiro atoms. The SMILES string of the molecule is COc1ccc2c3c([nH]c2c1)CCCCCC3CC(=O)O. The number of rotatable bonds is 3. The third-order valence-corrected chi connectivity index (χ3v) is 4.44. The molecule has 0 radical (unpaired) electrons. The first-order valence-corrected chi connectivity index (χ1v) is 7.59. The first-order chi connectivity index (χ1) is 10.2. The Kier molecular flexibility index (Phi) is 3.86. The zero-order chi connectivity index (χ0) is 14.8. The number of nitrogens with one attached hydrogen (secondary N) is 1. The van der Waals surface area contributed by atoms with E-state index < -0.39 is 5.97 Å². The minimum atomic E-state index is -0.714. The number of aliphatic carboxylic acids is 1. The number of H-pyrrole nitrogens is 1. The molecule has 0 amide bonds. The van der Waals surface area contributed by atoms with Crippen molar-refractivity contribution in [2.45, 2.75) is 44.4 Å². The topological polar surface area (TPSA) is 62.3 Å². The number of hydrogen-bond acceptors (Lipinski definition) is 2. The molecule has 1 aliphatic carbocycles. The van der Waals surface area contributed by atoms with Crippen LogP contribution in [0.3, 0.4) is 0 Å². The summed E-state index contributed by atoms with van der Waals surface area (Å²) in [4.78, 5) is 14.7. The molecule has 21 heavy (non-hydrogen) atoms. The predicted octanol–water partition coefficient (Wildman–Crippen LogP) is 3.85. The number of fused-ring (bicyclic) bond motifs is 3. The van der Waals surface area contributed by atoms with Crippen molar-refractivity contribution in [1.29, 1.82) is 0 Å². The van der Waals surface area contributed by atoms with Crippen molar-refractivity contribution in [3.63, 3.8) is 0 Å². The Bertz CT molecular complexity index is 659. The maximum Gasteiger partial charge on any atom is 0.303 e. The minimum absolute atomic E-state index is 0.111. The van der Waals surface area contributed by atoms with Crippen molar-refractivity contribution in [3.05, 3.63) is 29.5 Å². The second-order valence-corrected chi connectivity index (χ2v) is 5.82. The molecule has 2 aromatic rings. The Hall–Kier alpha value is -1.97. The van der Waals surface area contributed by atoms with Gasteiger partial charge in [-0.2, -0.15) is 0 Å². The van der Waals surface area contributed by atoms with E-state index in [1.165, 1.54) is 17.7 Å². The van der Waals surface area contributed by atoms with Gasteiger partial charge in [0.2, 0.25) is 0 Å². The highest BCUT2D eigenvalue weighted by molar-refractivity contribution is 5.87. The molecule has 1 heterocycles. The van der Waals surface area contributed by atoms with Gasteiger partial charge < -0.3 is 14.8 Å². The predicted molar refractivity (Wildman–Crippen MR) is 82.0 cm³/mol. The Morgan fingerprint density at radius 1 is 1.38 bits per heavy atom. The molecule has 4 nitrogen and oxygen atoms in total. The van der Waals surface area contributed by atoms with E-state index in [0.717, 1.165) is 42.3 Å². The van der Waals surface area contributed by atoms with Crippen LogP contribution in [0, 0.1) is 0 Å². The summed E-state index contributed by atoms with van der Waals surface area (Å²) in [5.41, 5.74) is 3.48. The molecule has 1 atom stereocenters. The van der Waals surface area contributed by atoms with Gasteiger partial charge in [-0.05, 0) is 42.9 Å². The van der Waals surface area contributed by atoms with Crippen LogP contribution in [-0.2, 0) is 11.2 Å². The Labute approximate surface area is 124 Å². The van der Waals surface area contributed by atoms with Crippen molar-refractivity contribution < 1.29 is 14.6 Å². The highest BCUT2D eigenvalue weighted by atomic mass is 16.5. The van der Waals surface area contributed by atoms with E-state index in [0.29, 0.717) is 0 Å². The van der Waals surface area contributed by atoms with Crippen LogP contribution in [0.5, 0.6) is 5.75 Å². The standard InChI is InChI=1S/C17H21NO3/c1-21-12-7-8-13-15(10-12)18-14-6-4-2-3-5-11(17(13)14)9-16(19)20/h7-8,10-11,18H,2-6,9H2,1H3,(H,19,20). The van der Waals surface area contributed by atoms with Gasteiger partial charge in [0.15, 0.2) is 0 Å². The molecular formula is C17H21NO3. The molecule has 1 aromatic heterocycles. The molecule has 0 saturated carbocycles. The van der Waals surface area contributed by atoms with Gasteiger partial charge in [0.05, 0.1) is 13.5 Å². The van der Waals surface area contributed by atoms with Crippen LogP contribution in [0.2, 0.25) is 0 Å². The molecule has 0 saturated heterocycles. The lowest BCUT2D eigenvalue weighted by Crippen LogP contribution is -2.10. The normalized spacial score (nSPS) is 18.8. The molecule has 0 fully saturated rings. The average molecular weight is 287 g/mol. The summed E-state index contributed by atoms with van der Waals surface area (Å²) in [6, 6.07) is 6.01. The van der Waals surface area contributed by atoms with Crippen LogP contribution in [0.4, 0.5) is 0 Å². The number of methoxy groups -OCH3 is 1. The van der Waals surface area contributed by atoms with E-state index in [9.17, 15) is 9.90 Å². The van der Waals surface area contributed by atoms with E-state index >= 15 is 0 Å². The average Bonchev–Trinajstić information content (AvgIpc) is 2.79. The molecule has 0 aliphatic heterocycles. The second kappa shape index (κ2) is 5.80. The van der Waals surface area contributed by atoms with Crippen LogP contribution in [0.25, 0.3) is 10.9 Å². The molecule has 2 N–H and O–H groups in total. The molecular weight excluding hydrogens is 266 g/mol. The fourth-order valence-corrected chi connectivity index (χ4v) is 3.47. The first-order valence-electron chi connectivity index (χ1n) is 7.59. The van der Waals surface area contributed by atoms with Gasteiger partial charge >= 0.3 is 5.97 Å². The van der Waals surface area contributed by atoms with Gasteiger partial charge in [-0.25, -0.2) is 0 Å². The zero-order valence-corrected chi connectivity index (χ0v) is 12.3. The minimum Gasteiger partial charge on any atom is -0.497 e. The third kappa shape index (κ3) is 2.75. The maximum absolute atomic E-state index is 11.2. The van der Waals surface area contributed by atoms with Gasteiger partial charge in [0.25, 0.3) is 0 Å². The first kappa shape index (κ1) is 14.0. The molecule has 1 aliphatic rings. The number of carboxylic acids is 1. The van der Waals surface area contributed by atoms with Crippen molar-refractivity contribution in [2.75, 3.05) is 7.11 Å². The van der Waals surface area contributed by atoms with Crippen molar-refractivity contribution in [2.24, 2.45) is 0 Å². The van der Waals surface area contributed by atoms with Crippen molar-refractivity contribution >= 4 is 16.9 Å². The van der Waals surface area contributed by atoms with E-state index in [-0.39, 0.29) is 12.3 Å². The fourth-order valence-electron chi connectivity index (χ4n) is 3.47. The number of aromatic amines is 1. The number of aromatic nitrogens is 1. The molecule has 3 rings (SSSR count). The lowest BCUT2D eigenvalue weighted by molar-refractivity contribution is -0.137. The van der Waals surface area contributed by atoms with Crippen LogP contribution >= 0.6 is 0 Å². The highest BCUT2D eigenvalue weighted by Crippen LogP contribution is 2.38. The Balaban J connectivity index is 2.12. The summed E-state index contributed by atoms with van der Waals surface area (Å²) in [5, 5.41) is 10.4. The fraction of sp³-hybridized carbons (Fsp3) is 0.471. The van der Waals surface area contributed by atoms with Crippen molar-refractivity contribution in [1.82, 2.24) is 4.98 Å². The van der Waals surface area contributed by atoms with Gasteiger partial charge in [0.1, 0.15) is 5.75 Å². The van der Waals surface area contributed by atoms with E-state index in [4.69, 9.17) is 4.74 Å². The summed E-state index contributed by atoms with van der Waals surface area (Å²) in [5.74, 6) is 0.223. The van der Waals surface area contributed by atoms with Crippen LogP contribution in [-0.4, -0.2) is 23.2 Å². The third-order valence-electron chi connectivity index (χ3n) is 4.44. The van der Waals surface area contributed by atoms with Crippen molar-refractivity contribution in [3.8, 4) is 5.75 Å². The summed E-state index contributed by atoms with van der Waals surface area (Å²) in [6.45, 7) is 0. The summed E-state index contributed by atoms with van der Waals surface area (Å²) < 4.78 is 5.28. The van der Waals surface area contributed by atoms with Gasteiger partial charge in [-0.15, -0.1) is 0 Å². The summed E-state index contributed by atoms with van der Waals surface area (Å²) in [6.07, 6.45) is 5.62. The lowest BCUT2D eigenvalue weighted by atomic mass is 9.85. The number of aryl methyl sites for hydroxylation is 1. The molecule has 4 heteroatoms. The number of hydrogen-bond donors (Lipinski definition) is 2. The van der Waals surface area contributed by atoms with E-state index in [2.05, 4.69) is 11.1 Å². The highest BCUT2D eigenvalue weighted by Gasteiger charge is 2.24. The monoisotopic (exact) mass is 287 g/mol. The van der Waals surface area contributed by atoms with Crippen LogP contribution in [0.15, 0.2) is 18.2 Å². The number of carboxylic acid groups (broad SMARTS) is 1. The quantitative estimate of drug-likeness (QED) is 0.901. The number of ether oxygens (including phenoxy) is 1. The molecule has 1 aromatic carbocycles. The van der Waals surface area contributed by atoms with Crippen LogP contribution in [0.1, 0.15) is 49.3 Å². The largest absolute Gasteiger partial charge is 0.497 e. The van der Waals surface area contributed by atoms with E-state index in [1.54, 1.807) is 7.11 Å².